The van der Waals surface area contributed by atoms with Gasteiger partial charge in [-0.05, 0) is 30.2 Å². The largest absolute Gasteiger partial charge is 0.487 e. The lowest BCUT2D eigenvalue weighted by Crippen LogP contribution is -2.01. The SMILES string of the molecule is CCc1cc(=O)oc2cc(OCc3ccc(F)cc3Cl)c(Cl)cc12. The van der Waals surface area contributed by atoms with Gasteiger partial charge in [-0.2, -0.15) is 0 Å². The molecule has 1 aromatic heterocycles. The van der Waals surface area contributed by atoms with E-state index >= 15 is 0 Å². The van der Waals surface area contributed by atoms with Gasteiger partial charge in [0.15, 0.2) is 0 Å². The van der Waals surface area contributed by atoms with Crippen molar-refractivity contribution in [2.75, 3.05) is 0 Å². The molecule has 0 unspecified atom stereocenters. The molecule has 0 aliphatic heterocycles. The standard InChI is InChI=1S/C18H13Cl2FO3/c1-2-10-5-18(22)24-16-8-17(15(20)7-13(10)16)23-9-11-3-4-12(21)6-14(11)19/h3-8H,2,9H2,1H3. The fraction of sp³-hybridized carbons (Fsp3) is 0.167. The van der Waals surface area contributed by atoms with E-state index in [0.29, 0.717) is 28.3 Å². The summed E-state index contributed by atoms with van der Waals surface area (Å²) in [5.74, 6) is -0.0534. The molecular formula is C18H13Cl2FO3. The molecule has 3 aromatic rings. The van der Waals surface area contributed by atoms with Crippen LogP contribution in [-0.2, 0) is 13.0 Å². The van der Waals surface area contributed by atoms with E-state index in [-0.39, 0.29) is 11.6 Å². The molecule has 0 radical (unpaired) electrons. The van der Waals surface area contributed by atoms with E-state index in [1.807, 2.05) is 6.92 Å². The quantitative estimate of drug-likeness (QED) is 0.581. The molecule has 0 bridgehead atoms. The second-order valence-corrected chi connectivity index (χ2v) is 6.06. The zero-order valence-electron chi connectivity index (χ0n) is 12.7. The summed E-state index contributed by atoms with van der Waals surface area (Å²) in [7, 11) is 0. The van der Waals surface area contributed by atoms with Crippen LogP contribution in [0.4, 0.5) is 4.39 Å². The van der Waals surface area contributed by atoms with E-state index < -0.39 is 11.4 Å². The molecule has 2 aromatic carbocycles. The third-order valence-corrected chi connectivity index (χ3v) is 4.31. The molecule has 0 N–H and O–H groups in total. The van der Waals surface area contributed by atoms with Crippen molar-refractivity contribution in [3.8, 4) is 5.75 Å². The maximum absolute atomic E-state index is 13.1. The topological polar surface area (TPSA) is 39.4 Å². The van der Waals surface area contributed by atoms with Gasteiger partial charge in [-0.1, -0.05) is 36.2 Å². The molecule has 0 aliphatic carbocycles. The van der Waals surface area contributed by atoms with Crippen LogP contribution in [0.5, 0.6) is 5.75 Å². The van der Waals surface area contributed by atoms with Crippen molar-refractivity contribution in [3.05, 3.63) is 73.8 Å². The Morgan fingerprint density at radius 2 is 1.88 bits per heavy atom. The van der Waals surface area contributed by atoms with Crippen LogP contribution in [0.1, 0.15) is 18.1 Å². The number of rotatable bonds is 4. The predicted molar refractivity (Wildman–Crippen MR) is 92.6 cm³/mol. The molecular weight excluding hydrogens is 354 g/mol. The maximum atomic E-state index is 13.1. The van der Waals surface area contributed by atoms with Crippen LogP contribution < -0.4 is 10.4 Å². The Kier molecular flexibility index (Phi) is 4.78. The van der Waals surface area contributed by atoms with Crippen molar-refractivity contribution in [3.63, 3.8) is 0 Å². The van der Waals surface area contributed by atoms with Crippen molar-refractivity contribution in [2.24, 2.45) is 0 Å². The fourth-order valence-corrected chi connectivity index (χ4v) is 2.87. The zero-order chi connectivity index (χ0) is 17.3. The van der Waals surface area contributed by atoms with Crippen molar-refractivity contribution in [1.82, 2.24) is 0 Å². The minimum absolute atomic E-state index is 0.113. The normalized spacial score (nSPS) is 11.0. The van der Waals surface area contributed by atoms with E-state index in [4.69, 9.17) is 32.4 Å². The van der Waals surface area contributed by atoms with E-state index in [0.717, 1.165) is 10.9 Å². The lowest BCUT2D eigenvalue weighted by molar-refractivity contribution is 0.306. The summed E-state index contributed by atoms with van der Waals surface area (Å²) >= 11 is 12.2. The number of ether oxygens (including phenoxy) is 1. The third kappa shape index (κ3) is 3.40. The summed E-state index contributed by atoms with van der Waals surface area (Å²) in [6, 6.07) is 8.81. The monoisotopic (exact) mass is 366 g/mol. The molecule has 3 nitrogen and oxygen atoms in total. The van der Waals surface area contributed by atoms with Gasteiger partial charge in [0.25, 0.3) is 0 Å². The summed E-state index contributed by atoms with van der Waals surface area (Å²) in [4.78, 5) is 11.6. The minimum Gasteiger partial charge on any atom is -0.487 e. The first-order chi connectivity index (χ1) is 11.5. The van der Waals surface area contributed by atoms with E-state index in [1.165, 1.54) is 18.2 Å². The number of fused-ring (bicyclic) bond motifs is 1. The molecule has 0 amide bonds. The van der Waals surface area contributed by atoms with Crippen LogP contribution in [0.15, 0.2) is 45.6 Å². The molecule has 0 aliphatic rings. The number of hydrogen-bond acceptors (Lipinski definition) is 3. The van der Waals surface area contributed by atoms with Crippen LogP contribution in [0.3, 0.4) is 0 Å². The van der Waals surface area contributed by atoms with Gasteiger partial charge in [0, 0.05) is 23.1 Å². The summed E-state index contributed by atoms with van der Waals surface area (Å²) in [6.07, 6.45) is 0.684. The zero-order valence-corrected chi connectivity index (χ0v) is 14.2. The Bertz CT molecular complexity index is 966. The maximum Gasteiger partial charge on any atom is 0.336 e. The highest BCUT2D eigenvalue weighted by molar-refractivity contribution is 6.33. The summed E-state index contributed by atoms with van der Waals surface area (Å²) in [5, 5.41) is 1.44. The molecule has 0 saturated heterocycles. The van der Waals surface area contributed by atoms with Gasteiger partial charge in [-0.15, -0.1) is 0 Å². The lowest BCUT2D eigenvalue weighted by atomic mass is 10.1. The fourth-order valence-electron chi connectivity index (χ4n) is 2.43. The van der Waals surface area contributed by atoms with Gasteiger partial charge >= 0.3 is 5.63 Å². The van der Waals surface area contributed by atoms with Gasteiger partial charge < -0.3 is 9.15 Å². The average Bonchev–Trinajstić information content (AvgIpc) is 2.54. The van der Waals surface area contributed by atoms with E-state index in [1.54, 1.807) is 18.2 Å². The molecule has 0 spiro atoms. The Balaban J connectivity index is 1.95. The van der Waals surface area contributed by atoms with Gasteiger partial charge in [-0.25, -0.2) is 9.18 Å². The Morgan fingerprint density at radius 3 is 2.58 bits per heavy atom. The Hall–Kier alpha value is -2.04. The molecule has 6 heteroatoms. The summed E-state index contributed by atoms with van der Waals surface area (Å²) < 4.78 is 24.0. The van der Waals surface area contributed by atoms with Crippen LogP contribution in [0, 0.1) is 5.82 Å². The smallest absolute Gasteiger partial charge is 0.336 e. The van der Waals surface area contributed by atoms with Crippen molar-refractivity contribution >= 4 is 34.2 Å². The van der Waals surface area contributed by atoms with Crippen LogP contribution >= 0.6 is 23.2 Å². The number of halogens is 3. The number of benzene rings is 2. The van der Waals surface area contributed by atoms with Crippen molar-refractivity contribution < 1.29 is 13.5 Å². The van der Waals surface area contributed by atoms with Crippen molar-refractivity contribution in [2.45, 2.75) is 20.0 Å². The molecule has 0 fully saturated rings. The lowest BCUT2D eigenvalue weighted by Gasteiger charge is -2.11. The van der Waals surface area contributed by atoms with Crippen LogP contribution in [0.25, 0.3) is 11.0 Å². The van der Waals surface area contributed by atoms with Gasteiger partial charge in [0.1, 0.15) is 23.8 Å². The molecule has 0 saturated carbocycles. The molecule has 1 heterocycles. The molecule has 24 heavy (non-hydrogen) atoms. The van der Waals surface area contributed by atoms with Crippen LogP contribution in [-0.4, -0.2) is 0 Å². The molecule has 0 atom stereocenters. The summed E-state index contributed by atoms with van der Waals surface area (Å²) in [6.45, 7) is 2.06. The minimum atomic E-state index is -0.422. The van der Waals surface area contributed by atoms with E-state index in [9.17, 15) is 9.18 Å². The van der Waals surface area contributed by atoms with Gasteiger partial charge in [-0.3, -0.25) is 0 Å². The third-order valence-electron chi connectivity index (χ3n) is 3.66. The molecule has 124 valence electrons. The first-order valence-electron chi connectivity index (χ1n) is 7.31. The van der Waals surface area contributed by atoms with Crippen molar-refractivity contribution in [1.29, 1.82) is 0 Å². The highest BCUT2D eigenvalue weighted by Crippen LogP contribution is 2.32. The highest BCUT2D eigenvalue weighted by Gasteiger charge is 2.11. The first-order valence-corrected chi connectivity index (χ1v) is 8.06. The average molecular weight is 367 g/mol. The highest BCUT2D eigenvalue weighted by atomic mass is 35.5. The van der Waals surface area contributed by atoms with Gasteiger partial charge in [0.05, 0.1) is 10.0 Å². The Labute approximate surface area is 147 Å². The number of aryl methyl sites for hydroxylation is 1. The van der Waals surface area contributed by atoms with Crippen LogP contribution in [0.2, 0.25) is 10.0 Å². The second-order valence-electron chi connectivity index (χ2n) is 5.25. The second kappa shape index (κ2) is 6.83. The summed E-state index contributed by atoms with van der Waals surface area (Å²) in [5.41, 5.74) is 1.47. The number of hydrogen-bond donors (Lipinski definition) is 0. The first kappa shape index (κ1) is 16.8. The van der Waals surface area contributed by atoms with Gasteiger partial charge in [0.2, 0.25) is 0 Å². The molecule has 3 rings (SSSR count). The Morgan fingerprint density at radius 1 is 1.08 bits per heavy atom. The van der Waals surface area contributed by atoms with E-state index in [2.05, 4.69) is 0 Å². The predicted octanol–water partition coefficient (Wildman–Crippen LogP) is 5.38.